The molecule has 2 unspecified atom stereocenters. The number of amidine groups is 1. The minimum Gasteiger partial charge on any atom is -0.409 e. The highest BCUT2D eigenvalue weighted by Crippen LogP contribution is 2.30. The number of aromatic nitrogens is 1. The van der Waals surface area contributed by atoms with Crippen LogP contribution in [0.5, 0.6) is 0 Å². The van der Waals surface area contributed by atoms with Crippen molar-refractivity contribution in [2.45, 2.75) is 25.5 Å². The summed E-state index contributed by atoms with van der Waals surface area (Å²) in [5, 5.41) is 12.1. The number of anilines is 1. The third-order valence-electron chi connectivity index (χ3n) is 3.42. The van der Waals surface area contributed by atoms with Crippen LogP contribution in [0.4, 0.5) is 5.82 Å². The van der Waals surface area contributed by atoms with E-state index in [0.29, 0.717) is 16.4 Å². The molecule has 1 aliphatic heterocycles. The molecule has 0 saturated carbocycles. The van der Waals surface area contributed by atoms with Gasteiger partial charge in [0, 0.05) is 25.4 Å². The predicted octanol–water partition coefficient (Wildman–Crippen LogP) is 1.44. The molecule has 0 radical (unpaired) electrons. The number of nitrogens with two attached hydrogens (primary N) is 1. The number of pyridine rings is 1. The van der Waals surface area contributed by atoms with Crippen molar-refractivity contribution < 1.29 is 9.94 Å². The molecule has 0 spiro atoms. The lowest BCUT2D eigenvalue weighted by molar-refractivity contribution is 0.118. The van der Waals surface area contributed by atoms with Gasteiger partial charge in [-0.15, -0.1) is 0 Å². The minimum atomic E-state index is -0.0298. The zero-order chi connectivity index (χ0) is 14.0. The molecule has 1 aliphatic rings. The average Bonchev–Trinajstić information content (AvgIpc) is 2.83. The van der Waals surface area contributed by atoms with Gasteiger partial charge in [0.05, 0.1) is 17.2 Å². The summed E-state index contributed by atoms with van der Waals surface area (Å²) in [5.74, 6) is 0.575. The summed E-state index contributed by atoms with van der Waals surface area (Å²) < 4.78 is 5.55. The van der Waals surface area contributed by atoms with E-state index in [9.17, 15) is 0 Å². The van der Waals surface area contributed by atoms with E-state index in [-0.39, 0.29) is 18.0 Å². The van der Waals surface area contributed by atoms with Crippen molar-refractivity contribution >= 4 is 23.3 Å². The quantitative estimate of drug-likeness (QED) is 0.380. The Morgan fingerprint density at radius 3 is 3.00 bits per heavy atom. The van der Waals surface area contributed by atoms with Gasteiger partial charge in [-0.25, -0.2) is 4.98 Å². The number of hydrogen-bond donors (Lipinski definition) is 2. The van der Waals surface area contributed by atoms with Crippen molar-refractivity contribution in [3.05, 3.63) is 22.8 Å². The second-order valence-electron chi connectivity index (χ2n) is 4.52. The maximum atomic E-state index is 8.75. The van der Waals surface area contributed by atoms with Crippen LogP contribution in [0.15, 0.2) is 17.4 Å². The number of hydrogen-bond acceptors (Lipinski definition) is 5. The zero-order valence-electron chi connectivity index (χ0n) is 10.9. The molecule has 0 amide bonds. The summed E-state index contributed by atoms with van der Waals surface area (Å²) >= 11 is 6.29. The zero-order valence-corrected chi connectivity index (χ0v) is 11.6. The average molecular weight is 285 g/mol. The van der Waals surface area contributed by atoms with Gasteiger partial charge in [0.25, 0.3) is 0 Å². The molecule has 1 saturated heterocycles. The largest absolute Gasteiger partial charge is 0.409 e. The first-order valence-electron chi connectivity index (χ1n) is 6.03. The van der Waals surface area contributed by atoms with Crippen LogP contribution in [0, 0.1) is 0 Å². The first-order chi connectivity index (χ1) is 9.06. The van der Waals surface area contributed by atoms with Crippen LogP contribution in [-0.4, -0.2) is 41.8 Å². The molecule has 1 aromatic rings. The maximum Gasteiger partial charge on any atom is 0.171 e. The van der Waals surface area contributed by atoms with Gasteiger partial charge in [0.2, 0.25) is 0 Å². The highest BCUT2D eigenvalue weighted by atomic mass is 35.5. The van der Waals surface area contributed by atoms with E-state index in [2.05, 4.69) is 10.1 Å². The molecular formula is C12H17ClN4O2. The van der Waals surface area contributed by atoms with E-state index < -0.39 is 0 Å². The van der Waals surface area contributed by atoms with E-state index >= 15 is 0 Å². The molecule has 7 heteroatoms. The highest BCUT2D eigenvalue weighted by Gasteiger charge is 2.30. The molecule has 104 valence electrons. The lowest BCUT2D eigenvalue weighted by Crippen LogP contribution is -2.37. The molecule has 0 bridgehead atoms. The first kappa shape index (κ1) is 13.9. The Balaban J connectivity index is 2.35. The SMILES string of the molecule is CC1OCCC1N(C)c1nccc(/C(N)=N/O)c1Cl. The lowest BCUT2D eigenvalue weighted by atomic mass is 10.1. The van der Waals surface area contributed by atoms with Gasteiger partial charge in [0.1, 0.15) is 5.82 Å². The number of rotatable bonds is 3. The molecule has 2 heterocycles. The number of ether oxygens (including phenoxy) is 1. The van der Waals surface area contributed by atoms with Crippen molar-refractivity contribution in [2.24, 2.45) is 10.9 Å². The van der Waals surface area contributed by atoms with E-state index in [4.69, 9.17) is 27.3 Å². The standard InChI is InChI=1S/C12H17ClN4O2/c1-7-9(4-6-19-7)17(2)12-10(13)8(3-5-15-12)11(14)16-18/h3,5,7,9,18H,4,6H2,1-2H3,(H2,14,16). The molecule has 19 heavy (non-hydrogen) atoms. The van der Waals surface area contributed by atoms with E-state index in [0.717, 1.165) is 13.0 Å². The lowest BCUT2D eigenvalue weighted by Gasteiger charge is -2.28. The Morgan fingerprint density at radius 2 is 2.42 bits per heavy atom. The summed E-state index contributed by atoms with van der Waals surface area (Å²) in [6, 6.07) is 1.83. The van der Waals surface area contributed by atoms with Crippen LogP contribution in [0.3, 0.4) is 0 Å². The van der Waals surface area contributed by atoms with E-state index in [1.54, 1.807) is 12.3 Å². The first-order valence-corrected chi connectivity index (χ1v) is 6.41. The van der Waals surface area contributed by atoms with Crippen LogP contribution in [-0.2, 0) is 4.74 Å². The number of likely N-dealkylation sites (N-methyl/N-ethyl adjacent to an activating group) is 1. The summed E-state index contributed by atoms with van der Waals surface area (Å²) in [4.78, 5) is 6.26. The van der Waals surface area contributed by atoms with Crippen molar-refractivity contribution in [3.8, 4) is 0 Å². The van der Waals surface area contributed by atoms with E-state index in [1.807, 2.05) is 18.9 Å². The number of nitrogens with zero attached hydrogens (tertiary/aromatic N) is 3. The van der Waals surface area contributed by atoms with Gasteiger partial charge in [-0.05, 0) is 19.4 Å². The molecular weight excluding hydrogens is 268 g/mol. The smallest absolute Gasteiger partial charge is 0.171 e. The predicted molar refractivity (Wildman–Crippen MR) is 74.0 cm³/mol. The Bertz CT molecular complexity index is 495. The fourth-order valence-electron chi connectivity index (χ4n) is 2.32. The van der Waals surface area contributed by atoms with Crippen LogP contribution in [0.2, 0.25) is 5.02 Å². The van der Waals surface area contributed by atoms with Gasteiger partial charge in [-0.1, -0.05) is 16.8 Å². The molecule has 0 aromatic carbocycles. The Morgan fingerprint density at radius 1 is 1.68 bits per heavy atom. The maximum absolute atomic E-state index is 8.75. The van der Waals surface area contributed by atoms with Crippen LogP contribution in [0.1, 0.15) is 18.9 Å². The molecule has 1 aromatic heterocycles. The molecule has 2 atom stereocenters. The summed E-state index contributed by atoms with van der Waals surface area (Å²) in [6.07, 6.45) is 2.63. The highest BCUT2D eigenvalue weighted by molar-refractivity contribution is 6.36. The fraction of sp³-hybridized carbons (Fsp3) is 0.500. The van der Waals surface area contributed by atoms with Crippen LogP contribution in [0.25, 0.3) is 0 Å². The van der Waals surface area contributed by atoms with Crippen molar-refractivity contribution in [1.82, 2.24) is 4.98 Å². The Kier molecular flexibility index (Phi) is 4.11. The second-order valence-corrected chi connectivity index (χ2v) is 4.90. The molecule has 1 fully saturated rings. The Hall–Kier alpha value is -1.53. The van der Waals surface area contributed by atoms with Gasteiger partial charge < -0.3 is 20.6 Å². The van der Waals surface area contributed by atoms with Crippen molar-refractivity contribution in [2.75, 3.05) is 18.6 Å². The number of halogens is 1. The summed E-state index contributed by atoms with van der Waals surface area (Å²) in [6.45, 7) is 2.75. The second kappa shape index (κ2) is 5.63. The fourth-order valence-corrected chi connectivity index (χ4v) is 2.66. The molecule has 2 rings (SSSR count). The monoisotopic (exact) mass is 284 g/mol. The van der Waals surface area contributed by atoms with Gasteiger partial charge in [-0.2, -0.15) is 0 Å². The Labute approximate surface area is 116 Å². The van der Waals surface area contributed by atoms with Crippen molar-refractivity contribution in [1.29, 1.82) is 0 Å². The third-order valence-corrected chi connectivity index (χ3v) is 3.79. The molecule has 3 N–H and O–H groups in total. The van der Waals surface area contributed by atoms with Crippen LogP contribution < -0.4 is 10.6 Å². The van der Waals surface area contributed by atoms with Crippen molar-refractivity contribution in [3.63, 3.8) is 0 Å². The van der Waals surface area contributed by atoms with Gasteiger partial charge in [-0.3, -0.25) is 0 Å². The molecule has 0 aliphatic carbocycles. The number of oxime groups is 1. The van der Waals surface area contributed by atoms with Gasteiger partial charge >= 0.3 is 0 Å². The summed E-state index contributed by atoms with van der Waals surface area (Å²) in [7, 11) is 1.92. The van der Waals surface area contributed by atoms with Gasteiger partial charge in [0.15, 0.2) is 5.84 Å². The normalized spacial score (nSPS) is 23.6. The van der Waals surface area contributed by atoms with E-state index in [1.165, 1.54) is 0 Å². The molecule has 6 nitrogen and oxygen atoms in total. The van der Waals surface area contributed by atoms with Crippen LogP contribution >= 0.6 is 11.6 Å². The minimum absolute atomic E-state index is 0.0298. The summed E-state index contributed by atoms with van der Waals surface area (Å²) in [5.41, 5.74) is 6.05. The third kappa shape index (κ3) is 2.59. The topological polar surface area (TPSA) is 84.0 Å².